The van der Waals surface area contributed by atoms with Gasteiger partial charge in [-0.3, -0.25) is 9.78 Å². The number of fused-ring (bicyclic) bond motifs is 1. The van der Waals surface area contributed by atoms with E-state index in [2.05, 4.69) is 10.3 Å². The van der Waals surface area contributed by atoms with Crippen LogP contribution in [0, 0.1) is 0 Å². The molecule has 1 aliphatic rings. The molecule has 0 amide bonds. The number of nitrogens with zero attached hydrogens (tertiary/aromatic N) is 1. The molecule has 3 nitrogen and oxygen atoms in total. The number of hydrogen-bond donors (Lipinski definition) is 1. The predicted octanol–water partition coefficient (Wildman–Crippen LogP) is 1.92. The van der Waals surface area contributed by atoms with Crippen LogP contribution in [0.15, 0.2) is 42.6 Å². The van der Waals surface area contributed by atoms with Crippen molar-refractivity contribution in [1.29, 1.82) is 0 Å². The maximum atomic E-state index is 12.2. The number of nitrogens with one attached hydrogen (secondary N) is 1. The van der Waals surface area contributed by atoms with Crippen LogP contribution in [-0.4, -0.2) is 10.8 Å². The Hall–Kier alpha value is -2.00. The van der Waals surface area contributed by atoms with Crippen molar-refractivity contribution in [2.24, 2.45) is 0 Å². The minimum absolute atomic E-state index is 0.0136. The fourth-order valence-corrected chi connectivity index (χ4v) is 2.04. The molecule has 1 N–H and O–H groups in total. The molecule has 17 heavy (non-hydrogen) atoms. The van der Waals surface area contributed by atoms with Gasteiger partial charge in [-0.15, -0.1) is 0 Å². The van der Waals surface area contributed by atoms with Crippen LogP contribution in [0.4, 0.5) is 0 Å². The van der Waals surface area contributed by atoms with Gasteiger partial charge < -0.3 is 5.32 Å². The van der Waals surface area contributed by atoms with E-state index >= 15 is 0 Å². The van der Waals surface area contributed by atoms with E-state index in [1.54, 1.807) is 6.20 Å². The number of carbonyl (C=O) groups excluding carboxylic acids is 1. The maximum absolute atomic E-state index is 12.2. The summed E-state index contributed by atoms with van der Waals surface area (Å²) in [6, 6.07) is 11.1. The molecule has 1 aliphatic heterocycles. The topological polar surface area (TPSA) is 42.0 Å². The highest BCUT2D eigenvalue weighted by Gasteiger charge is 2.15. The Labute approximate surface area is 99.5 Å². The van der Waals surface area contributed by atoms with Crippen LogP contribution < -0.4 is 5.32 Å². The zero-order chi connectivity index (χ0) is 11.7. The van der Waals surface area contributed by atoms with Gasteiger partial charge in [-0.05, 0) is 17.2 Å². The third-order valence-corrected chi connectivity index (χ3v) is 2.98. The molecule has 2 heterocycles. The number of carbonyl (C=O) groups is 1. The summed E-state index contributed by atoms with van der Waals surface area (Å²) in [7, 11) is 0. The highest BCUT2D eigenvalue weighted by molar-refractivity contribution is 6.07. The zero-order valence-corrected chi connectivity index (χ0v) is 9.31. The molecule has 1 aromatic carbocycles. The monoisotopic (exact) mass is 224 g/mol. The van der Waals surface area contributed by atoms with Crippen molar-refractivity contribution in [3.63, 3.8) is 0 Å². The first kappa shape index (κ1) is 10.2. The zero-order valence-electron chi connectivity index (χ0n) is 9.31. The Bertz CT molecular complexity index is 564. The smallest absolute Gasteiger partial charge is 0.211 e. The van der Waals surface area contributed by atoms with Crippen molar-refractivity contribution in [1.82, 2.24) is 10.3 Å². The van der Waals surface area contributed by atoms with Crippen molar-refractivity contribution in [2.75, 3.05) is 0 Å². The first-order chi connectivity index (χ1) is 8.34. The van der Waals surface area contributed by atoms with E-state index in [-0.39, 0.29) is 5.78 Å². The number of rotatable bonds is 2. The van der Waals surface area contributed by atoms with Crippen LogP contribution in [0.3, 0.4) is 0 Å². The van der Waals surface area contributed by atoms with Gasteiger partial charge in [-0.1, -0.05) is 30.3 Å². The lowest BCUT2D eigenvalue weighted by Gasteiger charge is -2.02. The maximum Gasteiger partial charge on any atom is 0.211 e. The molecule has 0 aliphatic carbocycles. The van der Waals surface area contributed by atoms with E-state index in [1.165, 1.54) is 11.1 Å². The Morgan fingerprint density at radius 3 is 2.71 bits per heavy atom. The van der Waals surface area contributed by atoms with E-state index in [0.29, 0.717) is 11.3 Å². The number of hydrogen-bond acceptors (Lipinski definition) is 3. The van der Waals surface area contributed by atoms with Gasteiger partial charge in [-0.25, -0.2) is 0 Å². The first-order valence-electron chi connectivity index (χ1n) is 5.63. The highest BCUT2D eigenvalue weighted by atomic mass is 16.1. The van der Waals surface area contributed by atoms with Gasteiger partial charge in [0.1, 0.15) is 5.69 Å². The first-order valence-corrected chi connectivity index (χ1v) is 5.63. The lowest BCUT2D eigenvalue weighted by atomic mass is 10.1. The van der Waals surface area contributed by atoms with Gasteiger partial charge in [-0.2, -0.15) is 0 Å². The standard InChI is InChI=1S/C14H12N2O/c17-14(10-4-2-1-3-5-10)13-6-11-7-15-8-12(11)9-16-13/h1-6,9,15H,7-8H2. The quantitative estimate of drug-likeness (QED) is 0.792. The number of ketones is 1. The summed E-state index contributed by atoms with van der Waals surface area (Å²) in [6.07, 6.45) is 1.80. The van der Waals surface area contributed by atoms with Crippen molar-refractivity contribution in [3.05, 3.63) is 65.0 Å². The molecule has 1 aromatic heterocycles. The molecule has 3 rings (SSSR count). The average Bonchev–Trinajstić information content (AvgIpc) is 2.86. The second-order valence-corrected chi connectivity index (χ2v) is 4.14. The Kier molecular flexibility index (Phi) is 2.46. The SMILES string of the molecule is O=C(c1ccccc1)c1cc2c(cn1)CNC2. The molecule has 0 spiro atoms. The lowest BCUT2D eigenvalue weighted by Crippen LogP contribution is -2.05. The summed E-state index contributed by atoms with van der Waals surface area (Å²) in [5.41, 5.74) is 3.58. The molecular formula is C14H12N2O. The molecule has 0 fully saturated rings. The van der Waals surface area contributed by atoms with Crippen molar-refractivity contribution >= 4 is 5.78 Å². The third-order valence-electron chi connectivity index (χ3n) is 2.98. The van der Waals surface area contributed by atoms with Crippen molar-refractivity contribution in [2.45, 2.75) is 13.1 Å². The van der Waals surface area contributed by atoms with Crippen LogP contribution in [0.5, 0.6) is 0 Å². The fourth-order valence-electron chi connectivity index (χ4n) is 2.04. The average molecular weight is 224 g/mol. The summed E-state index contributed by atoms with van der Waals surface area (Å²) >= 11 is 0. The van der Waals surface area contributed by atoms with Gasteiger partial charge >= 0.3 is 0 Å². The Balaban J connectivity index is 1.97. The summed E-state index contributed by atoms with van der Waals surface area (Å²) in [5, 5.41) is 3.24. The normalized spacial score (nSPS) is 13.4. The summed E-state index contributed by atoms with van der Waals surface area (Å²) < 4.78 is 0. The molecule has 0 saturated heterocycles. The molecule has 0 unspecified atom stereocenters. The Morgan fingerprint density at radius 2 is 1.88 bits per heavy atom. The highest BCUT2D eigenvalue weighted by Crippen LogP contribution is 2.16. The van der Waals surface area contributed by atoms with Gasteiger partial charge in [0, 0.05) is 24.8 Å². The summed E-state index contributed by atoms with van der Waals surface area (Å²) in [4.78, 5) is 16.4. The van der Waals surface area contributed by atoms with Crippen LogP contribution in [0.25, 0.3) is 0 Å². The van der Waals surface area contributed by atoms with E-state index in [1.807, 2.05) is 36.4 Å². The molecular weight excluding hydrogens is 212 g/mol. The Morgan fingerprint density at radius 1 is 1.12 bits per heavy atom. The van der Waals surface area contributed by atoms with Gasteiger partial charge in [0.2, 0.25) is 5.78 Å². The molecule has 0 saturated carbocycles. The largest absolute Gasteiger partial charge is 0.309 e. The van der Waals surface area contributed by atoms with Crippen molar-refractivity contribution < 1.29 is 4.79 Å². The minimum atomic E-state index is -0.0136. The molecule has 0 bridgehead atoms. The third kappa shape index (κ3) is 1.85. The molecule has 3 heteroatoms. The van der Waals surface area contributed by atoms with Crippen LogP contribution in [0.1, 0.15) is 27.2 Å². The van der Waals surface area contributed by atoms with E-state index < -0.39 is 0 Å². The van der Waals surface area contributed by atoms with E-state index in [9.17, 15) is 4.79 Å². The predicted molar refractivity (Wildman–Crippen MR) is 64.7 cm³/mol. The second kappa shape index (κ2) is 4.11. The second-order valence-electron chi connectivity index (χ2n) is 4.14. The lowest BCUT2D eigenvalue weighted by molar-refractivity contribution is 0.103. The van der Waals surface area contributed by atoms with Crippen LogP contribution in [-0.2, 0) is 13.1 Å². The fraction of sp³-hybridized carbons (Fsp3) is 0.143. The van der Waals surface area contributed by atoms with Crippen LogP contribution in [0.2, 0.25) is 0 Å². The molecule has 84 valence electrons. The summed E-state index contributed by atoms with van der Waals surface area (Å²) in [5.74, 6) is -0.0136. The van der Waals surface area contributed by atoms with Crippen molar-refractivity contribution in [3.8, 4) is 0 Å². The van der Waals surface area contributed by atoms with Gasteiger partial charge in [0.15, 0.2) is 0 Å². The van der Waals surface area contributed by atoms with Gasteiger partial charge in [0.05, 0.1) is 0 Å². The molecule has 0 radical (unpaired) electrons. The summed E-state index contributed by atoms with van der Waals surface area (Å²) in [6.45, 7) is 1.68. The number of benzene rings is 1. The van der Waals surface area contributed by atoms with E-state index in [4.69, 9.17) is 0 Å². The number of aromatic nitrogens is 1. The molecule has 0 atom stereocenters. The van der Waals surface area contributed by atoms with Gasteiger partial charge in [0.25, 0.3) is 0 Å². The van der Waals surface area contributed by atoms with Crippen LogP contribution >= 0.6 is 0 Å². The molecule has 2 aromatic rings. The minimum Gasteiger partial charge on any atom is -0.309 e. The number of pyridine rings is 1. The van der Waals surface area contributed by atoms with E-state index in [0.717, 1.165) is 13.1 Å².